The zero-order valence-corrected chi connectivity index (χ0v) is 9.03. The topological polar surface area (TPSA) is 57.9 Å². The molecule has 0 bridgehead atoms. The molecule has 1 N–H and O–H groups in total. The summed E-state index contributed by atoms with van der Waals surface area (Å²) in [7, 11) is 0. The molecule has 4 heteroatoms. The number of aromatic nitrogens is 1. The molecule has 0 amide bonds. The van der Waals surface area contributed by atoms with Crippen molar-refractivity contribution in [3.8, 4) is 6.07 Å². The fourth-order valence-corrected chi connectivity index (χ4v) is 1.17. The highest BCUT2D eigenvalue weighted by atomic mass is 16.5. The third-order valence-corrected chi connectivity index (χ3v) is 1.86. The first-order valence-electron chi connectivity index (χ1n) is 4.96. The SMILES string of the molecule is CCOCC(C)Nc1ccc(C#N)nc1. The fraction of sp³-hybridized carbons (Fsp3) is 0.455. The van der Waals surface area contributed by atoms with E-state index in [9.17, 15) is 0 Å². The van der Waals surface area contributed by atoms with Crippen LogP contribution in [-0.4, -0.2) is 24.2 Å². The van der Waals surface area contributed by atoms with Crippen molar-refractivity contribution in [2.24, 2.45) is 0 Å². The van der Waals surface area contributed by atoms with Crippen molar-refractivity contribution in [3.05, 3.63) is 24.0 Å². The number of nitrogens with one attached hydrogen (secondary N) is 1. The molecule has 4 nitrogen and oxygen atoms in total. The normalized spacial score (nSPS) is 11.8. The van der Waals surface area contributed by atoms with Gasteiger partial charge in [-0.15, -0.1) is 0 Å². The van der Waals surface area contributed by atoms with Crippen LogP contribution in [0.3, 0.4) is 0 Å². The monoisotopic (exact) mass is 205 g/mol. The van der Waals surface area contributed by atoms with Gasteiger partial charge in [-0.2, -0.15) is 5.26 Å². The fourth-order valence-electron chi connectivity index (χ4n) is 1.17. The van der Waals surface area contributed by atoms with Gasteiger partial charge >= 0.3 is 0 Å². The minimum atomic E-state index is 0.236. The lowest BCUT2D eigenvalue weighted by Gasteiger charge is -2.14. The average Bonchev–Trinajstić information content (AvgIpc) is 2.27. The maximum absolute atomic E-state index is 8.57. The van der Waals surface area contributed by atoms with Crippen LogP contribution in [0.25, 0.3) is 0 Å². The Morgan fingerprint density at radius 1 is 1.60 bits per heavy atom. The highest BCUT2D eigenvalue weighted by Crippen LogP contribution is 2.07. The molecule has 0 radical (unpaired) electrons. The molecule has 0 spiro atoms. The van der Waals surface area contributed by atoms with Gasteiger partial charge in [-0.3, -0.25) is 0 Å². The number of hydrogen-bond acceptors (Lipinski definition) is 4. The van der Waals surface area contributed by atoms with Gasteiger partial charge in [0.15, 0.2) is 0 Å². The number of pyridine rings is 1. The lowest BCUT2D eigenvalue weighted by Crippen LogP contribution is -2.21. The number of anilines is 1. The summed E-state index contributed by atoms with van der Waals surface area (Å²) in [5.41, 5.74) is 1.33. The van der Waals surface area contributed by atoms with Gasteiger partial charge in [-0.25, -0.2) is 4.98 Å². The molecule has 0 aliphatic heterocycles. The molecule has 0 saturated heterocycles. The molecule has 0 aliphatic carbocycles. The van der Waals surface area contributed by atoms with Crippen molar-refractivity contribution in [2.75, 3.05) is 18.5 Å². The maximum Gasteiger partial charge on any atom is 0.140 e. The van der Waals surface area contributed by atoms with Crippen LogP contribution in [-0.2, 0) is 4.74 Å². The average molecular weight is 205 g/mol. The van der Waals surface area contributed by atoms with Gasteiger partial charge in [0.2, 0.25) is 0 Å². The predicted molar refractivity (Wildman–Crippen MR) is 58.5 cm³/mol. The number of ether oxygens (including phenoxy) is 1. The lowest BCUT2D eigenvalue weighted by molar-refractivity contribution is 0.141. The van der Waals surface area contributed by atoms with Crippen molar-refractivity contribution in [3.63, 3.8) is 0 Å². The summed E-state index contributed by atoms with van der Waals surface area (Å²) in [6.07, 6.45) is 1.65. The molecule has 0 aromatic carbocycles. The van der Waals surface area contributed by atoms with E-state index in [0.717, 1.165) is 12.3 Å². The van der Waals surface area contributed by atoms with E-state index in [1.54, 1.807) is 12.3 Å². The van der Waals surface area contributed by atoms with E-state index < -0.39 is 0 Å². The molecule has 0 saturated carbocycles. The molecule has 1 rings (SSSR count). The molecule has 1 heterocycles. The first-order valence-corrected chi connectivity index (χ1v) is 4.96. The van der Waals surface area contributed by atoms with E-state index >= 15 is 0 Å². The molecule has 15 heavy (non-hydrogen) atoms. The molecule has 1 aromatic rings. The Morgan fingerprint density at radius 2 is 2.40 bits per heavy atom. The zero-order chi connectivity index (χ0) is 11.1. The Balaban J connectivity index is 2.47. The van der Waals surface area contributed by atoms with Crippen LogP contribution in [0, 0.1) is 11.3 Å². The minimum Gasteiger partial charge on any atom is -0.380 e. The minimum absolute atomic E-state index is 0.236. The van der Waals surface area contributed by atoms with Crippen LogP contribution in [0.15, 0.2) is 18.3 Å². The molecule has 0 aliphatic rings. The van der Waals surface area contributed by atoms with E-state index in [1.807, 2.05) is 26.0 Å². The lowest BCUT2D eigenvalue weighted by atomic mass is 10.3. The Bertz CT molecular complexity index is 329. The van der Waals surface area contributed by atoms with Gasteiger partial charge in [-0.05, 0) is 26.0 Å². The second-order valence-electron chi connectivity index (χ2n) is 3.25. The Kier molecular flexibility index (Phi) is 4.58. The van der Waals surface area contributed by atoms with Crippen LogP contribution < -0.4 is 5.32 Å². The smallest absolute Gasteiger partial charge is 0.140 e. The van der Waals surface area contributed by atoms with Crippen molar-refractivity contribution in [1.29, 1.82) is 5.26 Å². The molecular formula is C11H15N3O. The van der Waals surface area contributed by atoms with Crippen LogP contribution in [0.1, 0.15) is 19.5 Å². The van der Waals surface area contributed by atoms with E-state index in [2.05, 4.69) is 10.3 Å². The maximum atomic E-state index is 8.57. The Morgan fingerprint density at radius 3 is 2.93 bits per heavy atom. The predicted octanol–water partition coefficient (Wildman–Crippen LogP) is 1.79. The molecule has 1 atom stereocenters. The van der Waals surface area contributed by atoms with Gasteiger partial charge in [0.05, 0.1) is 18.5 Å². The first kappa shape index (κ1) is 11.5. The van der Waals surface area contributed by atoms with Gasteiger partial charge in [0.25, 0.3) is 0 Å². The van der Waals surface area contributed by atoms with Crippen molar-refractivity contribution in [2.45, 2.75) is 19.9 Å². The van der Waals surface area contributed by atoms with Gasteiger partial charge in [0.1, 0.15) is 11.8 Å². The Labute approximate surface area is 89.9 Å². The molecule has 1 aromatic heterocycles. The van der Waals surface area contributed by atoms with Crippen LogP contribution in [0.4, 0.5) is 5.69 Å². The molecule has 1 unspecified atom stereocenters. The summed E-state index contributed by atoms with van der Waals surface area (Å²) < 4.78 is 5.28. The van der Waals surface area contributed by atoms with E-state index in [0.29, 0.717) is 12.3 Å². The van der Waals surface area contributed by atoms with E-state index in [-0.39, 0.29) is 6.04 Å². The number of nitrogens with zero attached hydrogens (tertiary/aromatic N) is 2. The van der Waals surface area contributed by atoms with Crippen LogP contribution in [0.2, 0.25) is 0 Å². The quantitative estimate of drug-likeness (QED) is 0.796. The highest BCUT2D eigenvalue weighted by molar-refractivity contribution is 5.43. The molecule has 0 fully saturated rings. The zero-order valence-electron chi connectivity index (χ0n) is 9.03. The summed E-state index contributed by atoms with van der Waals surface area (Å²) in [6.45, 7) is 5.39. The van der Waals surface area contributed by atoms with E-state index in [4.69, 9.17) is 10.00 Å². The Hall–Kier alpha value is -1.60. The van der Waals surface area contributed by atoms with Crippen LogP contribution in [0.5, 0.6) is 0 Å². The number of rotatable bonds is 5. The van der Waals surface area contributed by atoms with E-state index in [1.165, 1.54) is 0 Å². The summed E-state index contributed by atoms with van der Waals surface area (Å²) in [5.74, 6) is 0. The summed E-state index contributed by atoms with van der Waals surface area (Å²) in [5, 5.41) is 11.8. The molecule has 80 valence electrons. The second kappa shape index (κ2) is 5.99. The number of hydrogen-bond donors (Lipinski definition) is 1. The van der Waals surface area contributed by atoms with Crippen molar-refractivity contribution < 1.29 is 4.74 Å². The van der Waals surface area contributed by atoms with Crippen molar-refractivity contribution in [1.82, 2.24) is 4.98 Å². The van der Waals surface area contributed by atoms with Gasteiger partial charge in [0, 0.05) is 12.6 Å². The molecular weight excluding hydrogens is 190 g/mol. The summed E-state index contributed by atoms with van der Waals surface area (Å²) >= 11 is 0. The van der Waals surface area contributed by atoms with Crippen molar-refractivity contribution >= 4 is 5.69 Å². The van der Waals surface area contributed by atoms with Gasteiger partial charge in [-0.1, -0.05) is 0 Å². The third kappa shape index (κ3) is 3.96. The second-order valence-corrected chi connectivity index (χ2v) is 3.25. The largest absolute Gasteiger partial charge is 0.380 e. The van der Waals surface area contributed by atoms with Gasteiger partial charge < -0.3 is 10.1 Å². The van der Waals surface area contributed by atoms with Crippen LogP contribution >= 0.6 is 0 Å². The third-order valence-electron chi connectivity index (χ3n) is 1.86. The number of nitriles is 1. The summed E-state index contributed by atoms with van der Waals surface area (Å²) in [6, 6.07) is 5.75. The highest BCUT2D eigenvalue weighted by Gasteiger charge is 2.01. The first-order chi connectivity index (χ1) is 7.26. The summed E-state index contributed by atoms with van der Waals surface area (Å²) in [4.78, 5) is 3.97. The standard InChI is InChI=1S/C11H15N3O/c1-3-15-8-9(2)14-11-5-4-10(6-12)13-7-11/h4-5,7,9,14H,3,8H2,1-2H3.